The van der Waals surface area contributed by atoms with E-state index in [0.717, 1.165) is 51.1 Å². The Balaban J connectivity index is 1.46. The lowest BCUT2D eigenvalue weighted by molar-refractivity contribution is 0.0793. The average molecular weight is 426 g/mol. The molecule has 3 aromatic carbocycles. The number of rotatable bonds is 4. The molecule has 0 unspecified atom stereocenters. The number of benzene rings is 3. The molecule has 0 saturated carbocycles. The van der Waals surface area contributed by atoms with Crippen LogP contribution in [0.15, 0.2) is 72.8 Å². The zero-order valence-electron chi connectivity index (χ0n) is 18.1. The van der Waals surface area contributed by atoms with Crippen molar-refractivity contribution >= 4 is 23.2 Å². The van der Waals surface area contributed by atoms with Gasteiger partial charge in [-0.25, -0.2) is 0 Å². The Morgan fingerprint density at radius 2 is 1.50 bits per heavy atom. The number of carbonyl (C=O) groups excluding carboxylic acids is 2. The lowest BCUT2D eigenvalue weighted by atomic mass is 9.98. The summed E-state index contributed by atoms with van der Waals surface area (Å²) in [7, 11) is 0. The third-order valence-corrected chi connectivity index (χ3v) is 6.39. The van der Waals surface area contributed by atoms with Crippen LogP contribution in [0.5, 0.6) is 0 Å². The molecule has 0 bridgehead atoms. The van der Waals surface area contributed by atoms with Gasteiger partial charge in [-0.1, -0.05) is 42.5 Å². The third-order valence-electron chi connectivity index (χ3n) is 6.39. The average Bonchev–Trinajstić information content (AvgIpc) is 3.39. The topological polar surface area (TPSA) is 52.7 Å². The van der Waals surface area contributed by atoms with Gasteiger partial charge in [-0.2, -0.15) is 0 Å². The summed E-state index contributed by atoms with van der Waals surface area (Å²) in [6, 6.07) is 23.4. The van der Waals surface area contributed by atoms with Gasteiger partial charge in [-0.05, 0) is 60.7 Å². The largest absolute Gasteiger partial charge is 0.366 e. The molecule has 0 radical (unpaired) electrons. The molecule has 0 spiro atoms. The van der Waals surface area contributed by atoms with Gasteiger partial charge in [-0.15, -0.1) is 0 Å². The molecule has 2 amide bonds. The molecule has 5 rings (SSSR count). The number of nitrogens with zero attached hydrogens (tertiary/aromatic N) is 2. The summed E-state index contributed by atoms with van der Waals surface area (Å²) in [4.78, 5) is 30.3. The maximum absolute atomic E-state index is 13.5. The minimum atomic E-state index is -0.176. The number of amides is 2. The lowest BCUT2D eigenvalue weighted by Gasteiger charge is -2.33. The molecular formula is C27H27N3O2. The molecule has 1 N–H and O–H groups in total. The number of nitrogens with one attached hydrogen (secondary N) is 1. The summed E-state index contributed by atoms with van der Waals surface area (Å²) in [5, 5.41) is 2.96. The number of anilines is 2. The minimum Gasteiger partial charge on any atom is -0.366 e. The second-order valence-corrected chi connectivity index (χ2v) is 8.49. The van der Waals surface area contributed by atoms with E-state index in [0.29, 0.717) is 16.8 Å². The molecule has 3 aromatic rings. The van der Waals surface area contributed by atoms with Crippen molar-refractivity contribution in [1.29, 1.82) is 0 Å². The van der Waals surface area contributed by atoms with Crippen molar-refractivity contribution in [1.82, 2.24) is 4.90 Å². The van der Waals surface area contributed by atoms with Gasteiger partial charge < -0.3 is 15.1 Å². The quantitative estimate of drug-likeness (QED) is 0.657. The highest BCUT2D eigenvalue weighted by molar-refractivity contribution is 6.06. The summed E-state index contributed by atoms with van der Waals surface area (Å²) in [5.41, 5.74) is 5.52. The molecule has 5 heteroatoms. The van der Waals surface area contributed by atoms with Crippen LogP contribution in [0.1, 0.15) is 44.7 Å². The first kappa shape index (κ1) is 20.3. The molecule has 2 heterocycles. The molecular weight excluding hydrogens is 398 g/mol. The van der Waals surface area contributed by atoms with Gasteiger partial charge in [0, 0.05) is 43.1 Å². The number of carbonyl (C=O) groups is 2. The van der Waals surface area contributed by atoms with Crippen LogP contribution >= 0.6 is 0 Å². The monoisotopic (exact) mass is 425 g/mol. The summed E-state index contributed by atoms with van der Waals surface area (Å²) in [6.45, 7) is 3.24. The molecule has 1 fully saturated rings. The first-order chi connectivity index (χ1) is 15.7. The van der Waals surface area contributed by atoms with E-state index < -0.39 is 0 Å². The van der Waals surface area contributed by atoms with Crippen LogP contribution in [-0.2, 0) is 13.0 Å². The maximum atomic E-state index is 13.5. The zero-order valence-corrected chi connectivity index (χ0v) is 18.1. The van der Waals surface area contributed by atoms with Crippen LogP contribution in [0.2, 0.25) is 0 Å². The fourth-order valence-corrected chi connectivity index (χ4v) is 4.65. The van der Waals surface area contributed by atoms with Crippen molar-refractivity contribution in [2.45, 2.75) is 25.8 Å². The van der Waals surface area contributed by atoms with E-state index in [-0.39, 0.29) is 11.8 Å². The van der Waals surface area contributed by atoms with Crippen molar-refractivity contribution < 1.29 is 9.59 Å². The standard InChI is InChI=1S/C27H27N3O2/c31-26(21-9-2-1-3-10-21)28-23-12-13-25(24(18-23)27(32)29-15-6-7-16-29)30-17-14-20-8-4-5-11-22(20)19-30/h1-5,8-13,18H,6-7,14-17,19H2,(H,28,31). The molecule has 0 aromatic heterocycles. The maximum Gasteiger partial charge on any atom is 0.256 e. The molecule has 32 heavy (non-hydrogen) atoms. The normalized spacial score (nSPS) is 15.4. The van der Waals surface area contributed by atoms with E-state index in [2.05, 4.69) is 34.5 Å². The Kier molecular flexibility index (Phi) is 5.63. The number of likely N-dealkylation sites (tertiary alicyclic amines) is 1. The van der Waals surface area contributed by atoms with E-state index in [1.54, 1.807) is 12.1 Å². The SMILES string of the molecule is O=C(Nc1ccc(N2CCc3ccccc3C2)c(C(=O)N2CCCC2)c1)c1ccccc1. The van der Waals surface area contributed by atoms with Crippen molar-refractivity contribution in [3.8, 4) is 0 Å². The van der Waals surface area contributed by atoms with Gasteiger partial charge in [0.15, 0.2) is 0 Å². The Bertz CT molecular complexity index is 1140. The predicted molar refractivity (Wildman–Crippen MR) is 127 cm³/mol. The first-order valence-electron chi connectivity index (χ1n) is 11.3. The summed E-state index contributed by atoms with van der Waals surface area (Å²) in [5.74, 6) is -0.128. The van der Waals surface area contributed by atoms with E-state index >= 15 is 0 Å². The van der Waals surface area contributed by atoms with E-state index in [4.69, 9.17) is 0 Å². The van der Waals surface area contributed by atoms with Crippen molar-refractivity contribution in [2.24, 2.45) is 0 Å². The fourth-order valence-electron chi connectivity index (χ4n) is 4.65. The second kappa shape index (κ2) is 8.87. The Morgan fingerprint density at radius 3 is 2.28 bits per heavy atom. The summed E-state index contributed by atoms with van der Waals surface area (Å²) >= 11 is 0. The Labute approximate surface area is 188 Å². The molecule has 0 aliphatic carbocycles. The predicted octanol–water partition coefficient (Wildman–Crippen LogP) is 4.74. The summed E-state index contributed by atoms with van der Waals surface area (Å²) in [6.07, 6.45) is 3.05. The second-order valence-electron chi connectivity index (χ2n) is 8.49. The molecule has 5 nitrogen and oxygen atoms in total. The molecule has 1 saturated heterocycles. The van der Waals surface area contributed by atoms with E-state index in [1.165, 1.54) is 11.1 Å². The fraction of sp³-hybridized carbons (Fsp3) is 0.259. The minimum absolute atomic E-state index is 0.0483. The van der Waals surface area contributed by atoms with Crippen LogP contribution < -0.4 is 10.2 Å². The lowest BCUT2D eigenvalue weighted by Crippen LogP contribution is -2.34. The number of hydrogen-bond donors (Lipinski definition) is 1. The van der Waals surface area contributed by atoms with Gasteiger partial charge in [0.1, 0.15) is 0 Å². The van der Waals surface area contributed by atoms with Crippen LogP contribution in [-0.4, -0.2) is 36.3 Å². The zero-order chi connectivity index (χ0) is 21.9. The van der Waals surface area contributed by atoms with Crippen LogP contribution in [0, 0.1) is 0 Å². The van der Waals surface area contributed by atoms with Crippen LogP contribution in [0.3, 0.4) is 0 Å². The van der Waals surface area contributed by atoms with Gasteiger partial charge in [0.05, 0.1) is 5.56 Å². The Hall–Kier alpha value is -3.60. The van der Waals surface area contributed by atoms with Gasteiger partial charge in [-0.3, -0.25) is 9.59 Å². The molecule has 0 atom stereocenters. The van der Waals surface area contributed by atoms with Crippen molar-refractivity contribution in [3.63, 3.8) is 0 Å². The van der Waals surface area contributed by atoms with Crippen molar-refractivity contribution in [2.75, 3.05) is 29.9 Å². The van der Waals surface area contributed by atoms with Crippen LogP contribution in [0.25, 0.3) is 0 Å². The highest BCUT2D eigenvalue weighted by atomic mass is 16.2. The highest BCUT2D eigenvalue weighted by Gasteiger charge is 2.26. The molecule has 2 aliphatic heterocycles. The van der Waals surface area contributed by atoms with E-state index in [1.807, 2.05) is 41.3 Å². The number of hydrogen-bond acceptors (Lipinski definition) is 3. The van der Waals surface area contributed by atoms with Crippen LogP contribution in [0.4, 0.5) is 11.4 Å². The number of fused-ring (bicyclic) bond motifs is 1. The summed E-state index contributed by atoms with van der Waals surface area (Å²) < 4.78 is 0. The highest BCUT2D eigenvalue weighted by Crippen LogP contribution is 2.31. The Morgan fingerprint density at radius 1 is 0.781 bits per heavy atom. The van der Waals surface area contributed by atoms with Gasteiger partial charge in [0.25, 0.3) is 11.8 Å². The van der Waals surface area contributed by atoms with Crippen molar-refractivity contribution in [3.05, 3.63) is 95.1 Å². The van der Waals surface area contributed by atoms with E-state index in [9.17, 15) is 9.59 Å². The first-order valence-corrected chi connectivity index (χ1v) is 11.3. The van der Waals surface area contributed by atoms with Gasteiger partial charge in [0.2, 0.25) is 0 Å². The van der Waals surface area contributed by atoms with Gasteiger partial charge >= 0.3 is 0 Å². The third kappa shape index (κ3) is 4.11. The molecule has 2 aliphatic rings. The molecule has 162 valence electrons. The smallest absolute Gasteiger partial charge is 0.256 e.